The van der Waals surface area contributed by atoms with E-state index >= 15 is 0 Å². The summed E-state index contributed by atoms with van der Waals surface area (Å²) in [5.41, 5.74) is 8.18. The van der Waals surface area contributed by atoms with Gasteiger partial charge in [0.1, 0.15) is 0 Å². The zero-order valence-corrected chi connectivity index (χ0v) is 9.62. The van der Waals surface area contributed by atoms with Crippen LogP contribution in [-0.2, 0) is 0 Å². The molecule has 0 saturated heterocycles. The molecule has 0 bridgehead atoms. The van der Waals surface area contributed by atoms with Gasteiger partial charge in [-0.15, -0.1) is 0 Å². The Morgan fingerprint density at radius 1 is 0.812 bits per heavy atom. The molecule has 1 aliphatic rings. The van der Waals surface area contributed by atoms with Gasteiger partial charge < -0.3 is 0 Å². The molecule has 0 saturated carbocycles. The Hall–Kier alpha value is -1.82. The molecule has 16 heavy (non-hydrogen) atoms. The zero-order valence-electron chi connectivity index (χ0n) is 9.62. The highest BCUT2D eigenvalue weighted by atomic mass is 14.2. The second-order valence-electron chi connectivity index (χ2n) is 4.30. The van der Waals surface area contributed by atoms with Crippen LogP contribution in [0.15, 0.2) is 48.5 Å². The molecular weight excluding hydrogens is 192 g/mol. The van der Waals surface area contributed by atoms with Crippen molar-refractivity contribution >= 4 is 5.57 Å². The third-order valence-corrected chi connectivity index (χ3v) is 3.26. The lowest BCUT2D eigenvalue weighted by Gasteiger charge is -2.02. The molecule has 0 heteroatoms. The molecule has 0 aliphatic heterocycles. The lowest BCUT2D eigenvalue weighted by molar-refractivity contribution is 1.46. The molecule has 0 fully saturated rings. The van der Waals surface area contributed by atoms with Gasteiger partial charge in [-0.1, -0.05) is 54.1 Å². The summed E-state index contributed by atoms with van der Waals surface area (Å²) < 4.78 is 0. The summed E-state index contributed by atoms with van der Waals surface area (Å²) in [5, 5.41) is 0. The SMILES string of the molecule is C/C=C1/c2ccccc2-c2ccc(C)cc21. The number of benzene rings is 2. The number of aryl methyl sites for hydroxylation is 1. The second-order valence-corrected chi connectivity index (χ2v) is 4.30. The molecule has 0 radical (unpaired) electrons. The minimum absolute atomic E-state index is 1.32. The Bertz CT molecular complexity index is 589. The molecule has 0 nitrogen and oxygen atoms in total. The largest absolute Gasteiger partial charge is 0.0791 e. The first-order chi connectivity index (χ1) is 7.81. The summed E-state index contributed by atoms with van der Waals surface area (Å²) in [7, 11) is 0. The van der Waals surface area contributed by atoms with Crippen LogP contribution in [0, 0.1) is 6.92 Å². The van der Waals surface area contributed by atoms with Crippen molar-refractivity contribution in [2.24, 2.45) is 0 Å². The van der Waals surface area contributed by atoms with Gasteiger partial charge in [0.15, 0.2) is 0 Å². The van der Waals surface area contributed by atoms with Crippen LogP contribution in [0.1, 0.15) is 23.6 Å². The van der Waals surface area contributed by atoms with E-state index in [2.05, 4.69) is 62.4 Å². The summed E-state index contributed by atoms with van der Waals surface area (Å²) in [5.74, 6) is 0. The van der Waals surface area contributed by atoms with E-state index in [0.717, 1.165) is 0 Å². The standard InChI is InChI=1S/C16H14/c1-3-12-13-6-4-5-7-14(13)15-9-8-11(2)10-16(12)15/h3-10H,1-2H3/b12-3-. The first-order valence-corrected chi connectivity index (χ1v) is 5.68. The van der Waals surface area contributed by atoms with Gasteiger partial charge in [0.25, 0.3) is 0 Å². The first kappa shape index (κ1) is 9.41. The predicted molar refractivity (Wildman–Crippen MR) is 69.4 cm³/mol. The van der Waals surface area contributed by atoms with Crippen molar-refractivity contribution in [3.05, 3.63) is 65.2 Å². The van der Waals surface area contributed by atoms with Gasteiger partial charge in [-0.25, -0.2) is 0 Å². The Kier molecular flexibility index (Phi) is 1.97. The van der Waals surface area contributed by atoms with Crippen LogP contribution in [-0.4, -0.2) is 0 Å². The van der Waals surface area contributed by atoms with Crippen LogP contribution < -0.4 is 0 Å². The van der Waals surface area contributed by atoms with Crippen LogP contribution in [0.2, 0.25) is 0 Å². The molecule has 0 atom stereocenters. The minimum Gasteiger partial charge on any atom is -0.0791 e. The lowest BCUT2D eigenvalue weighted by Crippen LogP contribution is -1.81. The van der Waals surface area contributed by atoms with E-state index in [-0.39, 0.29) is 0 Å². The molecule has 78 valence electrons. The summed E-state index contributed by atoms with van der Waals surface area (Å²) >= 11 is 0. The smallest absolute Gasteiger partial charge is 0.00989 e. The Morgan fingerprint density at radius 3 is 2.25 bits per heavy atom. The molecule has 0 N–H and O–H groups in total. The van der Waals surface area contributed by atoms with E-state index in [1.165, 1.54) is 33.4 Å². The minimum atomic E-state index is 1.32. The van der Waals surface area contributed by atoms with Gasteiger partial charge in [0, 0.05) is 0 Å². The molecule has 0 amide bonds. The maximum atomic E-state index is 2.28. The number of rotatable bonds is 0. The molecule has 3 rings (SSSR count). The van der Waals surface area contributed by atoms with Crippen molar-refractivity contribution in [1.29, 1.82) is 0 Å². The molecule has 2 aromatic rings. The van der Waals surface area contributed by atoms with Crippen molar-refractivity contribution in [1.82, 2.24) is 0 Å². The van der Waals surface area contributed by atoms with Crippen LogP contribution in [0.5, 0.6) is 0 Å². The van der Waals surface area contributed by atoms with Gasteiger partial charge in [-0.2, -0.15) is 0 Å². The average Bonchev–Trinajstić information content (AvgIpc) is 2.61. The highest BCUT2D eigenvalue weighted by Crippen LogP contribution is 2.44. The maximum Gasteiger partial charge on any atom is -0.00989 e. The number of fused-ring (bicyclic) bond motifs is 3. The van der Waals surface area contributed by atoms with Crippen LogP contribution in [0.4, 0.5) is 0 Å². The molecule has 1 aliphatic carbocycles. The van der Waals surface area contributed by atoms with Crippen LogP contribution in [0.25, 0.3) is 16.7 Å². The van der Waals surface area contributed by atoms with Crippen molar-refractivity contribution in [3.63, 3.8) is 0 Å². The first-order valence-electron chi connectivity index (χ1n) is 5.68. The van der Waals surface area contributed by atoms with Gasteiger partial charge in [-0.05, 0) is 41.7 Å². The fourth-order valence-corrected chi connectivity index (χ4v) is 2.52. The molecule has 0 unspecified atom stereocenters. The normalized spacial score (nSPS) is 15.0. The van der Waals surface area contributed by atoms with Gasteiger partial charge >= 0.3 is 0 Å². The van der Waals surface area contributed by atoms with E-state index in [0.29, 0.717) is 0 Å². The summed E-state index contributed by atoms with van der Waals surface area (Å²) in [4.78, 5) is 0. The Morgan fingerprint density at radius 2 is 1.50 bits per heavy atom. The van der Waals surface area contributed by atoms with Crippen LogP contribution >= 0.6 is 0 Å². The number of hydrogen-bond donors (Lipinski definition) is 0. The van der Waals surface area contributed by atoms with Crippen molar-refractivity contribution < 1.29 is 0 Å². The molecular formula is C16H14. The van der Waals surface area contributed by atoms with E-state index in [1.54, 1.807) is 0 Å². The second kappa shape index (κ2) is 3.34. The molecule has 2 aromatic carbocycles. The summed E-state index contributed by atoms with van der Waals surface area (Å²) in [6, 6.07) is 15.3. The summed E-state index contributed by atoms with van der Waals surface area (Å²) in [6.07, 6.45) is 2.21. The quantitative estimate of drug-likeness (QED) is 0.510. The molecule has 0 aromatic heterocycles. The molecule has 0 heterocycles. The maximum absolute atomic E-state index is 2.28. The van der Waals surface area contributed by atoms with E-state index in [9.17, 15) is 0 Å². The number of allylic oxidation sites excluding steroid dienone is 1. The predicted octanol–water partition coefficient (Wildman–Crippen LogP) is 4.43. The van der Waals surface area contributed by atoms with Gasteiger partial charge in [0.05, 0.1) is 0 Å². The molecule has 0 spiro atoms. The average molecular weight is 206 g/mol. The van der Waals surface area contributed by atoms with Crippen molar-refractivity contribution in [2.45, 2.75) is 13.8 Å². The highest BCUT2D eigenvalue weighted by Gasteiger charge is 2.21. The van der Waals surface area contributed by atoms with Crippen LogP contribution in [0.3, 0.4) is 0 Å². The topological polar surface area (TPSA) is 0 Å². The monoisotopic (exact) mass is 206 g/mol. The number of hydrogen-bond acceptors (Lipinski definition) is 0. The third-order valence-electron chi connectivity index (χ3n) is 3.26. The van der Waals surface area contributed by atoms with E-state index in [4.69, 9.17) is 0 Å². The third kappa shape index (κ3) is 1.16. The fraction of sp³-hybridized carbons (Fsp3) is 0.125. The Balaban J connectivity index is 2.39. The van der Waals surface area contributed by atoms with Crippen molar-refractivity contribution in [3.8, 4) is 11.1 Å². The highest BCUT2D eigenvalue weighted by molar-refractivity contribution is 6.01. The van der Waals surface area contributed by atoms with Gasteiger partial charge in [-0.3, -0.25) is 0 Å². The lowest BCUT2D eigenvalue weighted by atomic mass is 10.0. The van der Waals surface area contributed by atoms with Crippen molar-refractivity contribution in [2.75, 3.05) is 0 Å². The fourth-order valence-electron chi connectivity index (χ4n) is 2.52. The van der Waals surface area contributed by atoms with E-state index in [1.807, 2.05) is 0 Å². The van der Waals surface area contributed by atoms with Gasteiger partial charge in [0.2, 0.25) is 0 Å². The van der Waals surface area contributed by atoms with E-state index < -0.39 is 0 Å². The zero-order chi connectivity index (χ0) is 11.1. The summed E-state index contributed by atoms with van der Waals surface area (Å²) in [6.45, 7) is 4.26. The Labute approximate surface area is 96.3 Å².